The summed E-state index contributed by atoms with van der Waals surface area (Å²) in [5.74, 6) is 1.82. The Balaban J connectivity index is 1.52. The molecule has 5 heteroatoms. The number of benzene rings is 1. The molecule has 1 aliphatic heterocycles. The van der Waals surface area contributed by atoms with E-state index < -0.39 is 0 Å². The fourth-order valence-electron chi connectivity index (χ4n) is 2.89. The number of nitrogens with zero attached hydrogens (tertiary/aromatic N) is 2. The minimum atomic E-state index is 0.0136. The van der Waals surface area contributed by atoms with Gasteiger partial charge in [-0.15, -0.1) is 0 Å². The van der Waals surface area contributed by atoms with Crippen LogP contribution in [0.4, 0.5) is 11.5 Å². The Morgan fingerprint density at radius 2 is 1.96 bits per heavy atom. The molecule has 0 unspecified atom stereocenters. The number of ether oxygens (including phenoxy) is 1. The summed E-state index contributed by atoms with van der Waals surface area (Å²) in [5.41, 5.74) is 1.94. The highest BCUT2D eigenvalue weighted by Crippen LogP contribution is 2.19. The molecule has 0 saturated carbocycles. The number of nitrogens with one attached hydrogen (secondary N) is 1. The molecule has 5 nitrogen and oxygen atoms in total. The average Bonchev–Trinajstić information content (AvgIpc) is 3.16. The summed E-state index contributed by atoms with van der Waals surface area (Å²) in [6, 6.07) is 11.4. The molecule has 126 valence electrons. The first-order valence-corrected chi connectivity index (χ1v) is 8.38. The third-order valence-corrected chi connectivity index (χ3v) is 4.25. The Labute approximate surface area is 142 Å². The average molecular weight is 325 g/mol. The molecule has 2 heterocycles. The maximum atomic E-state index is 12.1. The predicted molar refractivity (Wildman–Crippen MR) is 95.6 cm³/mol. The van der Waals surface area contributed by atoms with Gasteiger partial charge in [-0.05, 0) is 61.2 Å². The second-order valence-corrected chi connectivity index (χ2v) is 5.99. The van der Waals surface area contributed by atoms with Crippen LogP contribution in [0.15, 0.2) is 42.6 Å². The van der Waals surface area contributed by atoms with Gasteiger partial charge in [0, 0.05) is 31.4 Å². The van der Waals surface area contributed by atoms with Crippen LogP contribution in [-0.4, -0.2) is 31.1 Å². The number of hydrogen-bond acceptors (Lipinski definition) is 4. The molecule has 3 rings (SSSR count). The number of pyridine rings is 1. The molecule has 1 N–H and O–H groups in total. The summed E-state index contributed by atoms with van der Waals surface area (Å²) in [6.07, 6.45) is 5.47. The number of hydrogen-bond donors (Lipinski definition) is 1. The van der Waals surface area contributed by atoms with E-state index in [4.69, 9.17) is 4.74 Å². The van der Waals surface area contributed by atoms with E-state index in [2.05, 4.69) is 21.3 Å². The van der Waals surface area contributed by atoms with E-state index in [0.29, 0.717) is 12.8 Å². The molecule has 0 atom stereocenters. The van der Waals surface area contributed by atoms with E-state index in [-0.39, 0.29) is 5.91 Å². The number of methoxy groups -OCH3 is 1. The van der Waals surface area contributed by atoms with Crippen molar-refractivity contribution in [2.45, 2.75) is 25.7 Å². The fourth-order valence-corrected chi connectivity index (χ4v) is 2.89. The summed E-state index contributed by atoms with van der Waals surface area (Å²) in [5, 5.41) is 2.91. The van der Waals surface area contributed by atoms with E-state index in [1.54, 1.807) is 7.11 Å². The van der Waals surface area contributed by atoms with E-state index in [9.17, 15) is 4.79 Å². The molecule has 1 aliphatic rings. The highest BCUT2D eigenvalue weighted by molar-refractivity contribution is 5.90. The molecule has 1 aromatic heterocycles. The summed E-state index contributed by atoms with van der Waals surface area (Å²) in [7, 11) is 1.62. The van der Waals surface area contributed by atoms with E-state index in [1.165, 1.54) is 12.8 Å². The van der Waals surface area contributed by atoms with Crippen molar-refractivity contribution in [2.24, 2.45) is 0 Å². The molecule has 0 spiro atoms. The number of anilines is 2. The van der Waals surface area contributed by atoms with Crippen LogP contribution in [0.25, 0.3) is 0 Å². The van der Waals surface area contributed by atoms with Crippen molar-refractivity contribution in [3.63, 3.8) is 0 Å². The number of carbonyl (C=O) groups is 1. The lowest BCUT2D eigenvalue weighted by molar-refractivity contribution is -0.116. The van der Waals surface area contributed by atoms with Gasteiger partial charge in [-0.3, -0.25) is 4.79 Å². The normalized spacial score (nSPS) is 13.8. The van der Waals surface area contributed by atoms with Gasteiger partial charge in [0.25, 0.3) is 0 Å². The second kappa shape index (κ2) is 7.81. The van der Waals surface area contributed by atoms with Gasteiger partial charge < -0.3 is 15.0 Å². The van der Waals surface area contributed by atoms with Gasteiger partial charge >= 0.3 is 0 Å². The van der Waals surface area contributed by atoms with E-state index in [0.717, 1.165) is 35.9 Å². The molecule has 1 aromatic carbocycles. The molecule has 0 bridgehead atoms. The van der Waals surface area contributed by atoms with Crippen LogP contribution in [0.2, 0.25) is 0 Å². The second-order valence-electron chi connectivity index (χ2n) is 5.99. The van der Waals surface area contributed by atoms with Crippen molar-refractivity contribution in [2.75, 3.05) is 30.4 Å². The van der Waals surface area contributed by atoms with Gasteiger partial charge in [0.15, 0.2) is 0 Å². The zero-order valence-electron chi connectivity index (χ0n) is 14.0. The first-order chi connectivity index (χ1) is 11.7. The lowest BCUT2D eigenvalue weighted by Gasteiger charge is -2.16. The Morgan fingerprint density at radius 3 is 2.67 bits per heavy atom. The van der Waals surface area contributed by atoms with Crippen LogP contribution in [0.3, 0.4) is 0 Å². The van der Waals surface area contributed by atoms with Crippen molar-refractivity contribution < 1.29 is 9.53 Å². The van der Waals surface area contributed by atoms with Gasteiger partial charge in [0.1, 0.15) is 11.6 Å². The predicted octanol–water partition coefficient (Wildman–Crippen LogP) is 3.26. The number of aryl methyl sites for hydroxylation is 1. The summed E-state index contributed by atoms with van der Waals surface area (Å²) < 4.78 is 5.11. The van der Waals surface area contributed by atoms with Crippen molar-refractivity contribution in [1.29, 1.82) is 0 Å². The van der Waals surface area contributed by atoms with Crippen LogP contribution in [0.5, 0.6) is 5.75 Å². The number of rotatable bonds is 6. The van der Waals surface area contributed by atoms with Gasteiger partial charge in [-0.1, -0.05) is 0 Å². The zero-order chi connectivity index (χ0) is 16.8. The minimum Gasteiger partial charge on any atom is -0.497 e. The lowest BCUT2D eigenvalue weighted by Crippen LogP contribution is -2.19. The Hall–Kier alpha value is -2.56. The highest BCUT2D eigenvalue weighted by Gasteiger charge is 2.13. The van der Waals surface area contributed by atoms with Gasteiger partial charge in [0.2, 0.25) is 5.91 Å². The van der Waals surface area contributed by atoms with Crippen LogP contribution in [0.1, 0.15) is 24.8 Å². The molecule has 1 fully saturated rings. The summed E-state index contributed by atoms with van der Waals surface area (Å²) >= 11 is 0. The largest absolute Gasteiger partial charge is 0.497 e. The maximum absolute atomic E-state index is 12.1. The first-order valence-electron chi connectivity index (χ1n) is 8.38. The molecular formula is C19H23N3O2. The quantitative estimate of drug-likeness (QED) is 0.886. The smallest absolute Gasteiger partial charge is 0.224 e. The molecule has 1 saturated heterocycles. The maximum Gasteiger partial charge on any atom is 0.224 e. The molecule has 2 aromatic rings. The number of aromatic nitrogens is 1. The molecule has 24 heavy (non-hydrogen) atoms. The van der Waals surface area contributed by atoms with Crippen molar-refractivity contribution in [3.8, 4) is 5.75 Å². The van der Waals surface area contributed by atoms with Crippen LogP contribution < -0.4 is 15.0 Å². The number of carbonyl (C=O) groups excluding carboxylic acids is 1. The van der Waals surface area contributed by atoms with Crippen LogP contribution in [-0.2, 0) is 11.2 Å². The van der Waals surface area contributed by atoms with Crippen molar-refractivity contribution in [3.05, 3.63) is 48.2 Å². The fraction of sp³-hybridized carbons (Fsp3) is 0.368. The first kappa shape index (κ1) is 16.3. The van der Waals surface area contributed by atoms with Crippen molar-refractivity contribution >= 4 is 17.4 Å². The highest BCUT2D eigenvalue weighted by atomic mass is 16.5. The topological polar surface area (TPSA) is 54.5 Å². The van der Waals surface area contributed by atoms with Crippen LogP contribution >= 0.6 is 0 Å². The summed E-state index contributed by atoms with van der Waals surface area (Å²) in [4.78, 5) is 18.9. The van der Waals surface area contributed by atoms with Crippen LogP contribution in [0, 0.1) is 0 Å². The van der Waals surface area contributed by atoms with Gasteiger partial charge in [-0.2, -0.15) is 0 Å². The van der Waals surface area contributed by atoms with E-state index >= 15 is 0 Å². The molecule has 0 radical (unpaired) electrons. The molecule has 0 aliphatic carbocycles. The molecular weight excluding hydrogens is 302 g/mol. The Morgan fingerprint density at radius 1 is 1.21 bits per heavy atom. The standard InChI is InChI=1S/C19H23N3O2/c1-24-17-7-5-16(6-8-17)21-19(23)9-4-15-10-11-20-18(14-15)22-12-2-3-13-22/h5-8,10-11,14H,2-4,9,12-13H2,1H3,(H,21,23). The zero-order valence-corrected chi connectivity index (χ0v) is 14.0. The van der Waals surface area contributed by atoms with Gasteiger partial charge in [0.05, 0.1) is 7.11 Å². The lowest BCUT2D eigenvalue weighted by atomic mass is 10.1. The van der Waals surface area contributed by atoms with E-state index in [1.807, 2.05) is 36.5 Å². The Bertz CT molecular complexity index is 679. The third kappa shape index (κ3) is 4.25. The third-order valence-electron chi connectivity index (χ3n) is 4.25. The van der Waals surface area contributed by atoms with Gasteiger partial charge in [-0.25, -0.2) is 4.98 Å². The monoisotopic (exact) mass is 325 g/mol. The summed E-state index contributed by atoms with van der Waals surface area (Å²) in [6.45, 7) is 2.16. The van der Waals surface area contributed by atoms with Crippen molar-refractivity contribution in [1.82, 2.24) is 4.98 Å². The molecule has 1 amide bonds. The minimum absolute atomic E-state index is 0.0136. The number of amides is 1. The Kier molecular flexibility index (Phi) is 5.31. The SMILES string of the molecule is COc1ccc(NC(=O)CCc2ccnc(N3CCCC3)c2)cc1.